The van der Waals surface area contributed by atoms with Crippen LogP contribution >= 0.6 is 0 Å². The fourth-order valence-corrected chi connectivity index (χ4v) is 2.09. The third-order valence-corrected chi connectivity index (χ3v) is 3.24. The van der Waals surface area contributed by atoms with Gasteiger partial charge in [-0.1, -0.05) is 19.1 Å². The summed E-state index contributed by atoms with van der Waals surface area (Å²) in [5, 5.41) is 14.9. The van der Waals surface area contributed by atoms with Crippen molar-refractivity contribution in [3.05, 3.63) is 47.3 Å². The van der Waals surface area contributed by atoms with Crippen molar-refractivity contribution in [2.24, 2.45) is 0 Å². The van der Waals surface area contributed by atoms with Crippen molar-refractivity contribution in [2.75, 3.05) is 7.11 Å². The van der Waals surface area contributed by atoms with Crippen molar-refractivity contribution in [3.8, 4) is 5.75 Å². The van der Waals surface area contributed by atoms with E-state index in [0.29, 0.717) is 0 Å². The Labute approximate surface area is 113 Å². The van der Waals surface area contributed by atoms with E-state index >= 15 is 0 Å². The van der Waals surface area contributed by atoms with E-state index in [2.05, 4.69) is 12.0 Å². The molecule has 102 valence electrons. The maximum atomic E-state index is 10.5. The minimum atomic E-state index is -0.654. The van der Waals surface area contributed by atoms with E-state index in [-0.39, 0.29) is 0 Å². The molecule has 0 aliphatic heterocycles. The number of aromatic nitrogens is 2. The molecule has 0 fully saturated rings. The first-order valence-corrected chi connectivity index (χ1v) is 6.58. The minimum absolute atomic E-state index is 0.654. The topological polar surface area (TPSA) is 47.3 Å². The number of nitrogens with zero attached hydrogens (tertiary/aromatic N) is 2. The summed E-state index contributed by atoms with van der Waals surface area (Å²) in [6.07, 6.45) is 0.216. The summed E-state index contributed by atoms with van der Waals surface area (Å²) in [5.41, 5.74) is 2.69. The van der Waals surface area contributed by atoms with Gasteiger partial charge in [0.1, 0.15) is 11.9 Å². The van der Waals surface area contributed by atoms with Crippen LogP contribution in [0.4, 0.5) is 0 Å². The molecule has 0 spiro atoms. The molecule has 0 bridgehead atoms. The average Bonchev–Trinajstić information content (AvgIpc) is 2.90. The van der Waals surface area contributed by atoms with Crippen molar-refractivity contribution in [1.29, 1.82) is 0 Å². The molecule has 1 heterocycles. The van der Waals surface area contributed by atoms with E-state index in [1.54, 1.807) is 7.11 Å². The Morgan fingerprint density at radius 3 is 2.47 bits per heavy atom. The van der Waals surface area contributed by atoms with Gasteiger partial charge in [0, 0.05) is 6.54 Å². The highest BCUT2D eigenvalue weighted by molar-refractivity contribution is 5.32. The van der Waals surface area contributed by atoms with Crippen LogP contribution in [0.2, 0.25) is 0 Å². The first-order valence-electron chi connectivity index (χ1n) is 6.58. The highest BCUT2D eigenvalue weighted by atomic mass is 16.5. The zero-order chi connectivity index (χ0) is 13.8. The molecule has 4 nitrogen and oxygen atoms in total. The molecule has 0 aliphatic carbocycles. The standard InChI is InChI=1S/C15H20N2O2/c1-4-12-10-14(17(5-2)16-12)15(18)11-6-8-13(19-3)9-7-11/h6-10,15,18H,4-5H2,1-3H3. The van der Waals surface area contributed by atoms with Crippen LogP contribution in [0, 0.1) is 0 Å². The van der Waals surface area contributed by atoms with E-state index in [1.807, 2.05) is 41.9 Å². The molecule has 0 saturated heterocycles. The van der Waals surface area contributed by atoms with Crippen LogP contribution in [0.5, 0.6) is 5.75 Å². The molecule has 1 aromatic carbocycles. The SMILES string of the molecule is CCc1cc(C(O)c2ccc(OC)cc2)n(CC)n1. The van der Waals surface area contributed by atoms with Crippen LogP contribution in [0.15, 0.2) is 30.3 Å². The van der Waals surface area contributed by atoms with Crippen LogP contribution in [0.25, 0.3) is 0 Å². The number of rotatable bonds is 5. The number of aliphatic hydroxyl groups is 1. The van der Waals surface area contributed by atoms with Crippen molar-refractivity contribution < 1.29 is 9.84 Å². The van der Waals surface area contributed by atoms with Crippen molar-refractivity contribution in [2.45, 2.75) is 32.9 Å². The fraction of sp³-hybridized carbons (Fsp3) is 0.400. The largest absolute Gasteiger partial charge is 0.497 e. The Hall–Kier alpha value is -1.81. The highest BCUT2D eigenvalue weighted by Crippen LogP contribution is 2.24. The van der Waals surface area contributed by atoms with Gasteiger partial charge in [-0.25, -0.2) is 0 Å². The molecule has 0 radical (unpaired) electrons. The number of hydrogen-bond donors (Lipinski definition) is 1. The molecule has 1 N–H and O–H groups in total. The zero-order valence-corrected chi connectivity index (χ0v) is 11.6. The predicted molar refractivity (Wildman–Crippen MR) is 74.3 cm³/mol. The van der Waals surface area contributed by atoms with Gasteiger partial charge in [0.25, 0.3) is 0 Å². The van der Waals surface area contributed by atoms with Gasteiger partial charge in [-0.05, 0) is 37.1 Å². The van der Waals surface area contributed by atoms with Crippen molar-refractivity contribution >= 4 is 0 Å². The van der Waals surface area contributed by atoms with Gasteiger partial charge in [-0.3, -0.25) is 4.68 Å². The third-order valence-electron chi connectivity index (χ3n) is 3.24. The fourth-order valence-electron chi connectivity index (χ4n) is 2.09. The molecule has 2 aromatic rings. The lowest BCUT2D eigenvalue weighted by Crippen LogP contribution is -2.09. The van der Waals surface area contributed by atoms with E-state index in [1.165, 1.54) is 0 Å². The van der Waals surface area contributed by atoms with Crippen LogP contribution in [-0.4, -0.2) is 22.0 Å². The highest BCUT2D eigenvalue weighted by Gasteiger charge is 2.16. The maximum Gasteiger partial charge on any atom is 0.121 e. The lowest BCUT2D eigenvalue weighted by atomic mass is 10.1. The number of ether oxygens (including phenoxy) is 1. The summed E-state index contributed by atoms with van der Waals surface area (Å²) in [7, 11) is 1.63. The lowest BCUT2D eigenvalue weighted by Gasteiger charge is -2.13. The monoisotopic (exact) mass is 260 g/mol. The Kier molecular flexibility index (Phi) is 4.22. The van der Waals surface area contributed by atoms with Gasteiger partial charge in [-0.15, -0.1) is 0 Å². The Bertz CT molecular complexity index is 532. The van der Waals surface area contributed by atoms with Gasteiger partial charge < -0.3 is 9.84 Å². The van der Waals surface area contributed by atoms with Crippen LogP contribution < -0.4 is 4.74 Å². The first-order chi connectivity index (χ1) is 9.19. The van der Waals surface area contributed by atoms with Crippen LogP contribution in [-0.2, 0) is 13.0 Å². The van der Waals surface area contributed by atoms with Crippen LogP contribution in [0.3, 0.4) is 0 Å². The molecule has 1 atom stereocenters. The van der Waals surface area contributed by atoms with Crippen molar-refractivity contribution in [3.63, 3.8) is 0 Å². The van der Waals surface area contributed by atoms with E-state index in [0.717, 1.165) is 35.7 Å². The van der Waals surface area contributed by atoms with Gasteiger partial charge in [-0.2, -0.15) is 5.10 Å². The molecule has 2 rings (SSSR count). The second-order valence-corrected chi connectivity index (χ2v) is 4.41. The summed E-state index contributed by atoms with van der Waals surface area (Å²) in [4.78, 5) is 0. The molecule has 0 aliphatic rings. The Morgan fingerprint density at radius 1 is 1.26 bits per heavy atom. The Morgan fingerprint density at radius 2 is 1.95 bits per heavy atom. The summed E-state index contributed by atoms with van der Waals surface area (Å²) in [6.45, 7) is 4.84. The second-order valence-electron chi connectivity index (χ2n) is 4.41. The lowest BCUT2D eigenvalue weighted by molar-refractivity contribution is 0.208. The Balaban J connectivity index is 2.31. The van der Waals surface area contributed by atoms with E-state index < -0.39 is 6.10 Å². The molecule has 19 heavy (non-hydrogen) atoms. The molecule has 1 unspecified atom stereocenters. The molecular formula is C15H20N2O2. The van der Waals surface area contributed by atoms with E-state index in [9.17, 15) is 5.11 Å². The van der Waals surface area contributed by atoms with Gasteiger partial charge in [0.05, 0.1) is 18.5 Å². The first kappa shape index (κ1) is 13.6. The summed E-state index contributed by atoms with van der Waals surface area (Å²) in [5.74, 6) is 0.786. The number of aliphatic hydroxyl groups excluding tert-OH is 1. The third kappa shape index (κ3) is 2.79. The van der Waals surface area contributed by atoms with Gasteiger partial charge in [0.15, 0.2) is 0 Å². The minimum Gasteiger partial charge on any atom is -0.497 e. The zero-order valence-electron chi connectivity index (χ0n) is 11.6. The second kappa shape index (κ2) is 5.89. The summed E-state index contributed by atoms with van der Waals surface area (Å²) < 4.78 is 6.98. The van der Waals surface area contributed by atoms with Crippen molar-refractivity contribution in [1.82, 2.24) is 9.78 Å². The van der Waals surface area contributed by atoms with E-state index in [4.69, 9.17) is 4.74 Å². The molecular weight excluding hydrogens is 240 g/mol. The van der Waals surface area contributed by atoms with Gasteiger partial charge in [0.2, 0.25) is 0 Å². The number of hydrogen-bond acceptors (Lipinski definition) is 3. The summed E-state index contributed by atoms with van der Waals surface area (Å²) in [6, 6.07) is 9.43. The molecule has 4 heteroatoms. The number of aryl methyl sites for hydroxylation is 2. The number of benzene rings is 1. The smallest absolute Gasteiger partial charge is 0.121 e. The number of methoxy groups -OCH3 is 1. The quantitative estimate of drug-likeness (QED) is 0.898. The average molecular weight is 260 g/mol. The molecule has 0 amide bonds. The predicted octanol–water partition coefficient (Wildman–Crippen LogP) is 2.56. The molecule has 0 saturated carbocycles. The molecule has 1 aromatic heterocycles. The van der Waals surface area contributed by atoms with Gasteiger partial charge >= 0.3 is 0 Å². The summed E-state index contributed by atoms with van der Waals surface area (Å²) >= 11 is 0. The van der Waals surface area contributed by atoms with Crippen LogP contribution in [0.1, 0.15) is 36.9 Å². The normalized spacial score (nSPS) is 12.4. The maximum absolute atomic E-state index is 10.5.